The highest BCUT2D eigenvalue weighted by Gasteiger charge is 2.03. The second-order valence-corrected chi connectivity index (χ2v) is 4.53. The molecule has 0 aliphatic heterocycles. The number of carbonyl (C=O) groups is 1. The van der Waals surface area contributed by atoms with E-state index in [9.17, 15) is 4.79 Å². The average Bonchev–Trinajstić information content (AvgIpc) is 2.48. The van der Waals surface area contributed by atoms with Gasteiger partial charge in [-0.05, 0) is 37.3 Å². The fraction of sp³-hybridized carbons (Fsp3) is 0.0625. The Kier molecular flexibility index (Phi) is 3.13. The predicted octanol–water partition coefficient (Wildman–Crippen LogP) is 3.58. The molecule has 1 N–H and O–H groups in total. The van der Waals surface area contributed by atoms with Crippen LogP contribution >= 0.6 is 0 Å². The minimum absolute atomic E-state index is 0.0626. The summed E-state index contributed by atoms with van der Waals surface area (Å²) in [4.78, 5) is 11.3. The molecule has 4 nitrogen and oxygen atoms in total. The number of anilines is 2. The van der Waals surface area contributed by atoms with E-state index in [-0.39, 0.29) is 5.78 Å². The van der Waals surface area contributed by atoms with Crippen LogP contribution in [0, 0.1) is 0 Å². The maximum absolute atomic E-state index is 11.3. The van der Waals surface area contributed by atoms with E-state index in [1.165, 1.54) is 0 Å². The molecule has 0 saturated heterocycles. The van der Waals surface area contributed by atoms with E-state index < -0.39 is 0 Å². The second-order valence-electron chi connectivity index (χ2n) is 4.53. The smallest absolute Gasteiger partial charge is 0.159 e. The van der Waals surface area contributed by atoms with Gasteiger partial charge in [-0.15, -0.1) is 0 Å². The van der Waals surface area contributed by atoms with Gasteiger partial charge >= 0.3 is 0 Å². The second kappa shape index (κ2) is 5.09. The molecular formula is C16H13N3O. The molecule has 2 aromatic carbocycles. The van der Waals surface area contributed by atoms with Crippen molar-refractivity contribution in [1.82, 2.24) is 10.2 Å². The van der Waals surface area contributed by atoms with Gasteiger partial charge in [-0.2, -0.15) is 10.2 Å². The van der Waals surface area contributed by atoms with Crippen molar-refractivity contribution in [2.45, 2.75) is 6.92 Å². The summed E-state index contributed by atoms with van der Waals surface area (Å²) in [5.74, 6) is 0.0626. The summed E-state index contributed by atoms with van der Waals surface area (Å²) in [6.07, 6.45) is 1.70. The largest absolute Gasteiger partial charge is 0.354 e. The van der Waals surface area contributed by atoms with E-state index >= 15 is 0 Å². The van der Waals surface area contributed by atoms with Gasteiger partial charge in [0.25, 0.3) is 0 Å². The van der Waals surface area contributed by atoms with Crippen LogP contribution in [0.15, 0.2) is 54.7 Å². The zero-order valence-corrected chi connectivity index (χ0v) is 11.0. The lowest BCUT2D eigenvalue weighted by Crippen LogP contribution is -1.96. The Morgan fingerprint density at radius 3 is 2.55 bits per heavy atom. The van der Waals surface area contributed by atoms with Gasteiger partial charge in [0.05, 0.1) is 17.4 Å². The molecule has 0 fully saturated rings. The Hall–Kier alpha value is -2.75. The number of rotatable bonds is 3. The SMILES string of the molecule is CC(=O)c1ccc(Nc2cnnc3ccccc23)cc1. The lowest BCUT2D eigenvalue weighted by atomic mass is 10.1. The predicted molar refractivity (Wildman–Crippen MR) is 79.3 cm³/mol. The van der Waals surface area contributed by atoms with Crippen LogP contribution in [0.5, 0.6) is 0 Å². The van der Waals surface area contributed by atoms with Crippen LogP contribution < -0.4 is 5.32 Å². The molecule has 0 spiro atoms. The molecule has 4 heteroatoms. The van der Waals surface area contributed by atoms with Crippen LogP contribution in [0.3, 0.4) is 0 Å². The van der Waals surface area contributed by atoms with Gasteiger partial charge in [0.1, 0.15) is 0 Å². The lowest BCUT2D eigenvalue weighted by Gasteiger charge is -2.08. The van der Waals surface area contributed by atoms with Crippen molar-refractivity contribution < 1.29 is 4.79 Å². The number of aromatic nitrogens is 2. The van der Waals surface area contributed by atoms with Crippen molar-refractivity contribution in [2.75, 3.05) is 5.32 Å². The van der Waals surface area contributed by atoms with Crippen molar-refractivity contribution >= 4 is 28.1 Å². The fourth-order valence-electron chi connectivity index (χ4n) is 2.05. The number of hydrogen-bond donors (Lipinski definition) is 1. The van der Waals surface area contributed by atoms with E-state index in [4.69, 9.17) is 0 Å². The van der Waals surface area contributed by atoms with E-state index in [0.717, 1.165) is 22.3 Å². The normalized spacial score (nSPS) is 10.4. The average molecular weight is 263 g/mol. The molecule has 3 rings (SSSR count). The summed E-state index contributed by atoms with van der Waals surface area (Å²) < 4.78 is 0. The Bertz CT molecular complexity index is 761. The first-order chi connectivity index (χ1) is 9.74. The van der Waals surface area contributed by atoms with Crippen LogP contribution in [0.2, 0.25) is 0 Å². The van der Waals surface area contributed by atoms with E-state index in [1.54, 1.807) is 13.1 Å². The van der Waals surface area contributed by atoms with Gasteiger partial charge in [0, 0.05) is 16.6 Å². The molecule has 98 valence electrons. The number of hydrogen-bond acceptors (Lipinski definition) is 4. The summed E-state index contributed by atoms with van der Waals surface area (Å²) in [5.41, 5.74) is 3.35. The molecule has 1 heterocycles. The molecule has 0 amide bonds. The first kappa shape index (κ1) is 12.3. The quantitative estimate of drug-likeness (QED) is 0.734. The highest BCUT2D eigenvalue weighted by molar-refractivity contribution is 5.95. The van der Waals surface area contributed by atoms with E-state index in [2.05, 4.69) is 15.5 Å². The van der Waals surface area contributed by atoms with Gasteiger partial charge in [0.15, 0.2) is 5.78 Å². The molecule has 0 unspecified atom stereocenters. The standard InChI is InChI=1S/C16H13N3O/c1-11(20)12-6-8-13(9-7-12)18-16-10-17-19-15-5-3-2-4-14(15)16/h2-10H,1H3,(H,18,19). The number of ketones is 1. The minimum atomic E-state index is 0.0626. The van der Waals surface area contributed by atoms with Crippen LogP contribution in [-0.4, -0.2) is 16.0 Å². The molecular weight excluding hydrogens is 250 g/mol. The number of carbonyl (C=O) groups excluding carboxylic acids is 1. The Balaban J connectivity index is 1.95. The molecule has 0 aliphatic carbocycles. The molecule has 0 radical (unpaired) electrons. The summed E-state index contributed by atoms with van der Waals surface area (Å²) >= 11 is 0. The minimum Gasteiger partial charge on any atom is -0.354 e. The molecule has 0 atom stereocenters. The van der Waals surface area contributed by atoms with Crippen LogP contribution in [-0.2, 0) is 0 Å². The Labute approximate surface area is 116 Å². The van der Waals surface area contributed by atoms with Crippen LogP contribution in [0.25, 0.3) is 10.9 Å². The zero-order chi connectivity index (χ0) is 13.9. The molecule has 1 aromatic heterocycles. The van der Waals surface area contributed by atoms with Crippen LogP contribution in [0.1, 0.15) is 17.3 Å². The molecule has 0 aliphatic rings. The number of nitrogens with zero attached hydrogens (tertiary/aromatic N) is 2. The van der Waals surface area contributed by atoms with Crippen molar-refractivity contribution in [3.63, 3.8) is 0 Å². The van der Waals surface area contributed by atoms with Gasteiger partial charge in [-0.25, -0.2) is 0 Å². The van der Waals surface area contributed by atoms with Crippen molar-refractivity contribution in [2.24, 2.45) is 0 Å². The van der Waals surface area contributed by atoms with Gasteiger partial charge in [-0.3, -0.25) is 4.79 Å². The molecule has 20 heavy (non-hydrogen) atoms. The van der Waals surface area contributed by atoms with E-state index in [0.29, 0.717) is 5.56 Å². The van der Waals surface area contributed by atoms with Gasteiger partial charge < -0.3 is 5.32 Å². The highest BCUT2D eigenvalue weighted by Crippen LogP contribution is 2.24. The fourth-order valence-corrected chi connectivity index (χ4v) is 2.05. The van der Waals surface area contributed by atoms with Crippen LogP contribution in [0.4, 0.5) is 11.4 Å². The topological polar surface area (TPSA) is 54.9 Å². The Morgan fingerprint density at radius 1 is 1.05 bits per heavy atom. The zero-order valence-electron chi connectivity index (χ0n) is 11.0. The maximum atomic E-state index is 11.3. The summed E-state index contributed by atoms with van der Waals surface area (Å²) in [5, 5.41) is 12.4. The van der Waals surface area contributed by atoms with Crippen molar-refractivity contribution in [3.05, 3.63) is 60.3 Å². The van der Waals surface area contributed by atoms with E-state index in [1.807, 2.05) is 48.5 Å². The number of nitrogens with one attached hydrogen (secondary N) is 1. The first-order valence-electron chi connectivity index (χ1n) is 6.32. The summed E-state index contributed by atoms with van der Waals surface area (Å²) in [6, 6.07) is 15.2. The monoisotopic (exact) mass is 263 g/mol. The Morgan fingerprint density at radius 2 is 1.80 bits per heavy atom. The highest BCUT2D eigenvalue weighted by atomic mass is 16.1. The lowest BCUT2D eigenvalue weighted by molar-refractivity contribution is 0.101. The van der Waals surface area contributed by atoms with Crippen molar-refractivity contribution in [3.8, 4) is 0 Å². The van der Waals surface area contributed by atoms with Gasteiger partial charge in [0.2, 0.25) is 0 Å². The number of fused-ring (bicyclic) bond motifs is 1. The molecule has 0 bridgehead atoms. The summed E-state index contributed by atoms with van der Waals surface area (Å²) in [7, 11) is 0. The summed E-state index contributed by atoms with van der Waals surface area (Å²) in [6.45, 7) is 1.56. The third-order valence-electron chi connectivity index (χ3n) is 3.12. The number of benzene rings is 2. The van der Waals surface area contributed by atoms with Crippen molar-refractivity contribution in [1.29, 1.82) is 0 Å². The third-order valence-corrected chi connectivity index (χ3v) is 3.12. The number of Topliss-reactive ketones (excluding diaryl/α,β-unsaturated/α-hetero) is 1. The van der Waals surface area contributed by atoms with Gasteiger partial charge in [-0.1, -0.05) is 18.2 Å². The first-order valence-corrected chi connectivity index (χ1v) is 6.32. The maximum Gasteiger partial charge on any atom is 0.159 e. The molecule has 0 saturated carbocycles. The third kappa shape index (κ3) is 2.36. The molecule has 3 aromatic rings.